The van der Waals surface area contributed by atoms with Crippen LogP contribution in [0.1, 0.15) is 40.5 Å². The molecule has 1 amide bonds. The summed E-state index contributed by atoms with van der Waals surface area (Å²) in [5.74, 6) is 0.918. The third-order valence-electron chi connectivity index (χ3n) is 6.62. The number of carbonyl (C=O) groups is 1. The van der Waals surface area contributed by atoms with Gasteiger partial charge in [0.05, 0.1) is 41.3 Å². The third kappa shape index (κ3) is 4.86. The van der Waals surface area contributed by atoms with Crippen LogP contribution in [-0.4, -0.2) is 57.0 Å². The summed E-state index contributed by atoms with van der Waals surface area (Å²) in [6, 6.07) is 21.8. The minimum atomic E-state index is 0.0534. The monoisotopic (exact) mass is 479 g/mol. The fourth-order valence-corrected chi connectivity index (χ4v) is 4.64. The van der Waals surface area contributed by atoms with Gasteiger partial charge in [-0.25, -0.2) is 0 Å². The number of amides is 1. The van der Waals surface area contributed by atoms with Gasteiger partial charge >= 0.3 is 0 Å². The van der Waals surface area contributed by atoms with E-state index in [4.69, 9.17) is 5.26 Å². The van der Waals surface area contributed by atoms with E-state index in [0.29, 0.717) is 43.9 Å². The number of anilines is 1. The van der Waals surface area contributed by atoms with Crippen molar-refractivity contribution in [3.8, 4) is 17.3 Å². The average Bonchev–Trinajstić information content (AvgIpc) is 3.57. The Morgan fingerprint density at radius 1 is 1.06 bits per heavy atom. The minimum Gasteiger partial charge on any atom is -0.352 e. The molecule has 5 rings (SSSR count). The van der Waals surface area contributed by atoms with Crippen molar-refractivity contribution in [3.63, 3.8) is 0 Å². The molecule has 2 aromatic carbocycles. The van der Waals surface area contributed by atoms with Crippen LogP contribution in [-0.2, 0) is 13.0 Å². The van der Waals surface area contributed by atoms with Crippen molar-refractivity contribution in [2.24, 2.45) is 0 Å². The van der Waals surface area contributed by atoms with E-state index in [2.05, 4.69) is 45.3 Å². The molecule has 1 fully saturated rings. The topological polar surface area (TPSA) is 93.8 Å². The molecule has 1 N–H and O–H groups in total. The highest BCUT2D eigenvalue weighted by Crippen LogP contribution is 2.24. The molecule has 0 saturated carbocycles. The number of hydrogen-bond donors (Lipinski definition) is 1. The molecule has 0 bridgehead atoms. The molecule has 1 aliphatic rings. The first-order chi connectivity index (χ1) is 17.7. The van der Waals surface area contributed by atoms with Gasteiger partial charge in [-0.3, -0.25) is 14.6 Å². The molecule has 0 spiro atoms. The highest BCUT2D eigenvalue weighted by molar-refractivity contribution is 5.95. The maximum Gasteiger partial charge on any atom is 0.257 e. The van der Waals surface area contributed by atoms with Gasteiger partial charge < -0.3 is 9.80 Å². The zero-order chi connectivity index (χ0) is 24.9. The quantitative estimate of drug-likeness (QED) is 0.431. The van der Waals surface area contributed by atoms with Crippen LogP contribution in [0.2, 0.25) is 0 Å². The molecule has 182 valence electrons. The van der Waals surface area contributed by atoms with Crippen LogP contribution in [0.3, 0.4) is 0 Å². The maximum absolute atomic E-state index is 13.5. The van der Waals surface area contributed by atoms with Gasteiger partial charge in [-0.1, -0.05) is 55.8 Å². The highest BCUT2D eigenvalue weighted by Gasteiger charge is 2.27. The summed E-state index contributed by atoms with van der Waals surface area (Å²) in [7, 11) is 0. The van der Waals surface area contributed by atoms with E-state index < -0.39 is 0 Å². The van der Waals surface area contributed by atoms with Crippen molar-refractivity contribution in [2.75, 3.05) is 31.1 Å². The Hall–Kier alpha value is -4.38. The molecule has 0 radical (unpaired) electrons. The molecule has 1 aliphatic heterocycles. The summed E-state index contributed by atoms with van der Waals surface area (Å²) < 4.78 is 1.97. The van der Waals surface area contributed by atoms with E-state index in [1.807, 2.05) is 46.0 Å². The number of nitriles is 1. The van der Waals surface area contributed by atoms with Crippen LogP contribution in [0.4, 0.5) is 5.82 Å². The van der Waals surface area contributed by atoms with E-state index >= 15 is 0 Å². The van der Waals surface area contributed by atoms with Gasteiger partial charge in [0.1, 0.15) is 0 Å². The number of aromatic amines is 1. The number of nitrogens with zero attached hydrogens (tertiary/aromatic N) is 6. The Morgan fingerprint density at radius 2 is 1.81 bits per heavy atom. The molecule has 1 saturated heterocycles. The molecule has 2 aromatic heterocycles. The Kier molecular flexibility index (Phi) is 6.80. The number of carbonyl (C=O) groups excluding carboxylic acids is 1. The molecular formula is C28H29N7O. The number of piperazine rings is 1. The fourth-order valence-electron chi connectivity index (χ4n) is 4.64. The lowest BCUT2D eigenvalue weighted by molar-refractivity contribution is 0.0745. The van der Waals surface area contributed by atoms with Gasteiger partial charge in [-0.15, -0.1) is 0 Å². The van der Waals surface area contributed by atoms with Gasteiger partial charge in [-0.05, 0) is 29.7 Å². The smallest absolute Gasteiger partial charge is 0.257 e. The van der Waals surface area contributed by atoms with E-state index in [1.54, 1.807) is 18.3 Å². The number of benzene rings is 2. The van der Waals surface area contributed by atoms with Crippen molar-refractivity contribution in [1.29, 1.82) is 5.26 Å². The largest absolute Gasteiger partial charge is 0.352 e. The zero-order valence-electron chi connectivity index (χ0n) is 20.4. The summed E-state index contributed by atoms with van der Waals surface area (Å²) >= 11 is 0. The van der Waals surface area contributed by atoms with Crippen LogP contribution in [0, 0.1) is 11.3 Å². The molecule has 0 atom stereocenters. The lowest BCUT2D eigenvalue weighted by Crippen LogP contribution is -2.49. The molecular weight excluding hydrogens is 450 g/mol. The molecule has 0 unspecified atom stereocenters. The summed E-state index contributed by atoms with van der Waals surface area (Å²) in [6.07, 6.45) is 3.51. The second kappa shape index (κ2) is 10.5. The number of rotatable bonds is 7. The summed E-state index contributed by atoms with van der Waals surface area (Å²) in [5, 5.41) is 21.2. The molecule has 4 aromatic rings. The highest BCUT2D eigenvalue weighted by atomic mass is 16.2. The van der Waals surface area contributed by atoms with Crippen molar-refractivity contribution < 1.29 is 4.79 Å². The normalized spacial score (nSPS) is 13.6. The van der Waals surface area contributed by atoms with Crippen LogP contribution in [0.15, 0.2) is 66.9 Å². The number of aromatic nitrogens is 4. The van der Waals surface area contributed by atoms with Gasteiger partial charge in [0.15, 0.2) is 5.82 Å². The maximum atomic E-state index is 13.5. The summed E-state index contributed by atoms with van der Waals surface area (Å²) in [5.41, 5.74) is 5.41. The van der Waals surface area contributed by atoms with Crippen molar-refractivity contribution in [3.05, 3.63) is 89.2 Å². The SMILES string of the molecule is CCCc1c(C(=O)N2CCN(c3cc(-c4ccc(C#N)cc4)[nH]n3)CC2)cnn1Cc1ccccc1. The van der Waals surface area contributed by atoms with Gasteiger partial charge in [0, 0.05) is 32.2 Å². The first-order valence-corrected chi connectivity index (χ1v) is 12.3. The van der Waals surface area contributed by atoms with Gasteiger partial charge in [0.2, 0.25) is 0 Å². The Bertz CT molecular complexity index is 1360. The van der Waals surface area contributed by atoms with Crippen molar-refractivity contribution >= 4 is 11.7 Å². The fraction of sp³-hybridized carbons (Fsp3) is 0.286. The predicted octanol–water partition coefficient (Wildman–Crippen LogP) is 4.11. The lowest BCUT2D eigenvalue weighted by Gasteiger charge is -2.34. The third-order valence-corrected chi connectivity index (χ3v) is 6.62. The van der Waals surface area contributed by atoms with E-state index in [0.717, 1.165) is 35.6 Å². The Labute approximate surface area is 210 Å². The van der Waals surface area contributed by atoms with Crippen molar-refractivity contribution in [1.82, 2.24) is 24.9 Å². The van der Waals surface area contributed by atoms with Crippen LogP contribution >= 0.6 is 0 Å². The first-order valence-electron chi connectivity index (χ1n) is 12.3. The zero-order valence-corrected chi connectivity index (χ0v) is 20.4. The Balaban J connectivity index is 1.24. The van der Waals surface area contributed by atoms with Crippen LogP contribution in [0.5, 0.6) is 0 Å². The van der Waals surface area contributed by atoms with Crippen LogP contribution in [0.25, 0.3) is 11.3 Å². The second-order valence-electron chi connectivity index (χ2n) is 9.01. The Morgan fingerprint density at radius 3 is 2.50 bits per heavy atom. The molecule has 3 heterocycles. The van der Waals surface area contributed by atoms with Gasteiger partial charge in [-0.2, -0.15) is 15.5 Å². The second-order valence-corrected chi connectivity index (χ2v) is 9.01. The summed E-state index contributed by atoms with van der Waals surface area (Å²) in [6.45, 7) is 5.48. The number of H-pyrrole nitrogens is 1. The van der Waals surface area contributed by atoms with Crippen LogP contribution < -0.4 is 4.90 Å². The lowest BCUT2D eigenvalue weighted by atomic mass is 10.1. The molecule has 8 heteroatoms. The van der Waals surface area contributed by atoms with E-state index in [9.17, 15) is 4.79 Å². The predicted molar refractivity (Wildman–Crippen MR) is 139 cm³/mol. The van der Waals surface area contributed by atoms with Crippen molar-refractivity contribution in [2.45, 2.75) is 26.3 Å². The minimum absolute atomic E-state index is 0.0534. The molecule has 0 aliphatic carbocycles. The van der Waals surface area contributed by atoms with E-state index in [-0.39, 0.29) is 5.91 Å². The molecule has 36 heavy (non-hydrogen) atoms. The standard InChI is InChI=1S/C28H29N7O/c1-2-6-26-24(19-30-35(26)20-22-7-4-3-5-8-22)28(36)34-15-13-33(14-16-34)27-17-25(31-32-27)23-11-9-21(18-29)10-12-23/h3-5,7-12,17,19H,2,6,13-16,20H2,1H3,(H,31,32). The first kappa shape index (κ1) is 23.4. The molecule has 8 nitrogen and oxygen atoms in total. The number of nitrogens with one attached hydrogen (secondary N) is 1. The number of hydrogen-bond acceptors (Lipinski definition) is 5. The average molecular weight is 480 g/mol. The summed E-state index contributed by atoms with van der Waals surface area (Å²) in [4.78, 5) is 17.6. The van der Waals surface area contributed by atoms with E-state index in [1.165, 1.54) is 5.56 Å². The van der Waals surface area contributed by atoms with Gasteiger partial charge in [0.25, 0.3) is 5.91 Å².